The lowest BCUT2D eigenvalue weighted by Gasteiger charge is -2.28. The minimum absolute atomic E-state index is 0.119. The molecule has 0 bridgehead atoms. The van der Waals surface area contributed by atoms with Gasteiger partial charge in [0.2, 0.25) is 5.91 Å². The van der Waals surface area contributed by atoms with Gasteiger partial charge in [-0.1, -0.05) is 0 Å². The van der Waals surface area contributed by atoms with Crippen molar-refractivity contribution < 1.29 is 19.5 Å². The molecule has 0 saturated heterocycles. The van der Waals surface area contributed by atoms with Crippen molar-refractivity contribution in [2.24, 2.45) is 0 Å². The Hall–Kier alpha value is -2.02. The zero-order valence-electron chi connectivity index (χ0n) is 12.5. The Kier molecular flexibility index (Phi) is 5.07. The zero-order chi connectivity index (χ0) is 16.3. The third kappa shape index (κ3) is 3.24. The molecular formula is C15H18N2O4S. The van der Waals surface area contributed by atoms with Gasteiger partial charge in [0.1, 0.15) is 6.54 Å². The minimum Gasteiger partial charge on any atom is -0.480 e. The summed E-state index contributed by atoms with van der Waals surface area (Å²) < 4.78 is 0. The van der Waals surface area contributed by atoms with Gasteiger partial charge in [-0.2, -0.15) is 0 Å². The molecule has 1 aromatic carbocycles. The summed E-state index contributed by atoms with van der Waals surface area (Å²) in [7, 11) is 0. The normalized spacial score (nSPS) is 13.7. The van der Waals surface area contributed by atoms with E-state index in [9.17, 15) is 14.4 Å². The minimum atomic E-state index is -1.08. The predicted molar refractivity (Wildman–Crippen MR) is 84.4 cm³/mol. The first kappa shape index (κ1) is 16.4. The van der Waals surface area contributed by atoms with E-state index in [1.165, 1.54) is 16.7 Å². The van der Waals surface area contributed by atoms with Crippen molar-refractivity contribution in [3.8, 4) is 0 Å². The van der Waals surface area contributed by atoms with Crippen molar-refractivity contribution in [3.05, 3.63) is 23.8 Å². The number of aliphatic carboxylic acids is 1. The Balaban J connectivity index is 2.39. The van der Waals surface area contributed by atoms with Gasteiger partial charge in [0, 0.05) is 23.5 Å². The predicted octanol–water partition coefficient (Wildman–Crippen LogP) is 1.69. The Morgan fingerprint density at radius 2 is 2.00 bits per heavy atom. The lowest BCUT2D eigenvalue weighted by Crippen LogP contribution is -2.39. The van der Waals surface area contributed by atoms with Gasteiger partial charge in [-0.05, 0) is 32.0 Å². The van der Waals surface area contributed by atoms with E-state index in [0.717, 1.165) is 4.90 Å². The van der Waals surface area contributed by atoms with Crippen LogP contribution in [-0.4, -0.2) is 53.2 Å². The maximum absolute atomic E-state index is 12.4. The average Bonchev–Trinajstić information content (AvgIpc) is 2.50. The van der Waals surface area contributed by atoms with Crippen LogP contribution in [0.15, 0.2) is 23.1 Å². The van der Waals surface area contributed by atoms with Crippen molar-refractivity contribution in [2.75, 3.05) is 30.3 Å². The molecule has 0 aliphatic carbocycles. The molecule has 1 heterocycles. The molecule has 0 aromatic heterocycles. The van der Waals surface area contributed by atoms with Crippen molar-refractivity contribution in [1.29, 1.82) is 0 Å². The molecule has 1 N–H and O–H groups in total. The molecule has 1 aliphatic heterocycles. The molecule has 0 radical (unpaired) electrons. The van der Waals surface area contributed by atoms with Crippen LogP contribution in [0.5, 0.6) is 0 Å². The van der Waals surface area contributed by atoms with E-state index in [1.54, 1.807) is 23.1 Å². The van der Waals surface area contributed by atoms with E-state index < -0.39 is 12.5 Å². The van der Waals surface area contributed by atoms with Gasteiger partial charge in [-0.15, -0.1) is 11.8 Å². The number of nitrogens with zero attached hydrogens (tertiary/aromatic N) is 2. The van der Waals surface area contributed by atoms with Gasteiger partial charge in [-0.25, -0.2) is 0 Å². The molecule has 0 saturated carbocycles. The van der Waals surface area contributed by atoms with Crippen LogP contribution in [0.1, 0.15) is 24.2 Å². The summed E-state index contributed by atoms with van der Waals surface area (Å²) in [5.41, 5.74) is 0.967. The van der Waals surface area contributed by atoms with Crippen LogP contribution in [0.4, 0.5) is 5.69 Å². The summed E-state index contributed by atoms with van der Waals surface area (Å²) in [4.78, 5) is 39.1. The third-order valence-corrected chi connectivity index (χ3v) is 4.54. The van der Waals surface area contributed by atoms with E-state index >= 15 is 0 Å². The Morgan fingerprint density at radius 1 is 1.32 bits per heavy atom. The van der Waals surface area contributed by atoms with Crippen LogP contribution < -0.4 is 4.90 Å². The highest BCUT2D eigenvalue weighted by Crippen LogP contribution is 2.36. The van der Waals surface area contributed by atoms with Gasteiger partial charge >= 0.3 is 5.97 Å². The van der Waals surface area contributed by atoms with Crippen molar-refractivity contribution in [3.63, 3.8) is 0 Å². The maximum atomic E-state index is 12.4. The fourth-order valence-corrected chi connectivity index (χ4v) is 3.25. The number of carbonyl (C=O) groups is 3. The Morgan fingerprint density at radius 3 is 2.59 bits per heavy atom. The average molecular weight is 322 g/mol. The molecule has 22 heavy (non-hydrogen) atoms. The second-order valence-electron chi connectivity index (χ2n) is 4.82. The highest BCUT2D eigenvalue weighted by molar-refractivity contribution is 8.00. The number of amides is 2. The van der Waals surface area contributed by atoms with Crippen molar-refractivity contribution in [2.45, 2.75) is 18.7 Å². The topological polar surface area (TPSA) is 77.9 Å². The van der Waals surface area contributed by atoms with Crippen molar-refractivity contribution >= 4 is 35.2 Å². The number of fused-ring (bicyclic) bond motifs is 1. The van der Waals surface area contributed by atoms with Crippen LogP contribution in [0.2, 0.25) is 0 Å². The first-order chi connectivity index (χ1) is 10.5. The van der Waals surface area contributed by atoms with E-state index in [-0.39, 0.29) is 17.6 Å². The molecule has 1 aliphatic rings. The fourth-order valence-electron chi connectivity index (χ4n) is 2.34. The smallest absolute Gasteiger partial charge is 0.323 e. The molecule has 0 unspecified atom stereocenters. The number of hydrogen-bond acceptors (Lipinski definition) is 4. The zero-order valence-corrected chi connectivity index (χ0v) is 13.4. The van der Waals surface area contributed by atoms with E-state index in [4.69, 9.17) is 5.11 Å². The van der Waals surface area contributed by atoms with E-state index in [2.05, 4.69) is 0 Å². The molecule has 0 atom stereocenters. The molecule has 2 amide bonds. The number of thioether (sulfide) groups is 1. The fraction of sp³-hybridized carbons (Fsp3) is 0.400. The molecular weight excluding hydrogens is 304 g/mol. The summed E-state index contributed by atoms with van der Waals surface area (Å²) in [5, 5.41) is 8.98. The number of benzene rings is 1. The number of hydrogen-bond donors (Lipinski definition) is 1. The van der Waals surface area contributed by atoms with Crippen LogP contribution in [-0.2, 0) is 9.59 Å². The molecule has 1 aromatic rings. The van der Waals surface area contributed by atoms with E-state index in [0.29, 0.717) is 24.3 Å². The molecule has 7 heteroatoms. The molecule has 118 valence electrons. The number of rotatable bonds is 5. The van der Waals surface area contributed by atoms with Crippen LogP contribution in [0, 0.1) is 0 Å². The second-order valence-corrected chi connectivity index (χ2v) is 5.84. The largest absolute Gasteiger partial charge is 0.480 e. The van der Waals surface area contributed by atoms with Crippen LogP contribution in [0.3, 0.4) is 0 Å². The van der Waals surface area contributed by atoms with Gasteiger partial charge < -0.3 is 10.0 Å². The number of carboxylic acid groups (broad SMARTS) is 1. The third-order valence-electron chi connectivity index (χ3n) is 3.49. The summed E-state index contributed by atoms with van der Waals surface area (Å²) in [5.74, 6) is -1.24. The molecule has 0 fully saturated rings. The van der Waals surface area contributed by atoms with Crippen LogP contribution in [0.25, 0.3) is 0 Å². The van der Waals surface area contributed by atoms with Gasteiger partial charge in [0.05, 0.1) is 11.4 Å². The Bertz CT molecular complexity index is 614. The molecule has 6 nitrogen and oxygen atoms in total. The van der Waals surface area contributed by atoms with Gasteiger partial charge in [0.25, 0.3) is 5.91 Å². The lowest BCUT2D eigenvalue weighted by atomic mass is 10.1. The summed E-state index contributed by atoms with van der Waals surface area (Å²) >= 11 is 1.36. The van der Waals surface area contributed by atoms with Crippen LogP contribution >= 0.6 is 11.8 Å². The lowest BCUT2D eigenvalue weighted by molar-refractivity contribution is -0.136. The quantitative estimate of drug-likeness (QED) is 0.892. The first-order valence-electron chi connectivity index (χ1n) is 7.06. The van der Waals surface area contributed by atoms with Crippen molar-refractivity contribution in [1.82, 2.24) is 4.90 Å². The van der Waals surface area contributed by atoms with E-state index in [1.807, 2.05) is 13.8 Å². The number of carboxylic acids is 1. The Labute approximate surface area is 133 Å². The second kappa shape index (κ2) is 6.83. The summed E-state index contributed by atoms with van der Waals surface area (Å²) in [6.45, 7) is 4.60. The molecule has 0 spiro atoms. The number of carbonyl (C=O) groups excluding carboxylic acids is 2. The standard InChI is InChI=1S/C15H18N2O4S/c1-3-16(4-2)15(21)10-5-6-12-11(7-10)17(8-14(19)20)13(18)9-22-12/h5-7H,3-4,8-9H2,1-2H3,(H,19,20). The summed E-state index contributed by atoms with van der Waals surface area (Å²) in [6.07, 6.45) is 0. The SMILES string of the molecule is CCN(CC)C(=O)c1ccc2c(c1)N(CC(=O)O)C(=O)CS2. The monoisotopic (exact) mass is 322 g/mol. The van der Waals surface area contributed by atoms with Gasteiger partial charge in [0.15, 0.2) is 0 Å². The summed E-state index contributed by atoms with van der Waals surface area (Å²) in [6, 6.07) is 5.11. The first-order valence-corrected chi connectivity index (χ1v) is 8.04. The number of anilines is 1. The van der Waals surface area contributed by atoms with Gasteiger partial charge in [-0.3, -0.25) is 19.3 Å². The molecule has 2 rings (SSSR count). The maximum Gasteiger partial charge on any atom is 0.323 e. The highest BCUT2D eigenvalue weighted by Gasteiger charge is 2.27. The highest BCUT2D eigenvalue weighted by atomic mass is 32.2.